The molecule has 2 N–H and O–H groups in total. The zero-order valence-corrected chi connectivity index (χ0v) is 8.27. The van der Waals surface area contributed by atoms with Gasteiger partial charge >= 0.3 is 0 Å². The topological polar surface area (TPSA) is 26.0 Å². The summed E-state index contributed by atoms with van der Waals surface area (Å²) in [6, 6.07) is 18.6. The molecule has 0 radical (unpaired) electrons. The van der Waals surface area contributed by atoms with Gasteiger partial charge in [-0.1, -0.05) is 48.5 Å². The van der Waals surface area contributed by atoms with Crippen molar-refractivity contribution in [2.24, 2.45) is 0 Å². The summed E-state index contributed by atoms with van der Waals surface area (Å²) in [5.74, 6) is 0. The Morgan fingerprint density at radius 1 is 0.600 bits per heavy atom. The van der Waals surface area contributed by atoms with Crippen molar-refractivity contribution in [3.63, 3.8) is 0 Å². The summed E-state index contributed by atoms with van der Waals surface area (Å²) in [4.78, 5) is 0. The van der Waals surface area contributed by atoms with E-state index in [1.54, 1.807) is 0 Å². The van der Waals surface area contributed by atoms with Crippen molar-refractivity contribution in [2.75, 3.05) is 5.73 Å². The molecule has 3 aromatic rings. The number of rotatable bonds is 0. The summed E-state index contributed by atoms with van der Waals surface area (Å²) < 4.78 is 0. The molecule has 0 fully saturated rings. The minimum atomic E-state index is 0.846. The largest absolute Gasteiger partial charge is 0.398 e. The van der Waals surface area contributed by atoms with Crippen LogP contribution in [0.25, 0.3) is 21.5 Å². The van der Waals surface area contributed by atoms with E-state index in [2.05, 4.69) is 42.5 Å². The molecule has 0 aliphatic rings. The summed E-state index contributed by atoms with van der Waals surface area (Å²) in [5, 5.41) is 4.89. The van der Waals surface area contributed by atoms with Crippen molar-refractivity contribution in [1.29, 1.82) is 0 Å². The van der Waals surface area contributed by atoms with Gasteiger partial charge in [-0.25, -0.2) is 0 Å². The lowest BCUT2D eigenvalue weighted by Gasteiger charge is -2.05. The number of fused-ring (bicyclic) bond motifs is 3. The van der Waals surface area contributed by atoms with Gasteiger partial charge in [-0.05, 0) is 22.2 Å². The second-order valence-electron chi connectivity index (χ2n) is 3.73. The van der Waals surface area contributed by atoms with Crippen molar-refractivity contribution < 1.29 is 0 Å². The molecule has 0 saturated heterocycles. The molecule has 0 unspecified atom stereocenters. The molecule has 0 aromatic heterocycles. The molecule has 0 aliphatic carbocycles. The van der Waals surface area contributed by atoms with Crippen LogP contribution >= 0.6 is 0 Å². The van der Waals surface area contributed by atoms with Crippen LogP contribution in [0.4, 0.5) is 5.69 Å². The third-order valence-electron chi connectivity index (χ3n) is 2.82. The van der Waals surface area contributed by atoms with Gasteiger partial charge in [-0.2, -0.15) is 0 Å². The lowest BCUT2D eigenvalue weighted by atomic mass is 10.0. The van der Waals surface area contributed by atoms with E-state index in [-0.39, 0.29) is 0 Å². The highest BCUT2D eigenvalue weighted by molar-refractivity contribution is 6.10. The van der Waals surface area contributed by atoms with Crippen LogP contribution in [0, 0.1) is 0 Å². The Morgan fingerprint density at radius 3 is 2.33 bits per heavy atom. The van der Waals surface area contributed by atoms with E-state index in [4.69, 9.17) is 5.73 Å². The molecule has 3 aromatic carbocycles. The Balaban J connectivity index is 2.60. The molecular weight excluding hydrogens is 182 g/mol. The first-order valence-electron chi connectivity index (χ1n) is 5.02. The van der Waals surface area contributed by atoms with Gasteiger partial charge in [0.2, 0.25) is 0 Å². The van der Waals surface area contributed by atoms with Crippen LogP contribution in [0.2, 0.25) is 0 Å². The minimum absolute atomic E-state index is 0.846. The zero-order valence-electron chi connectivity index (χ0n) is 8.27. The first kappa shape index (κ1) is 8.30. The summed E-state index contributed by atoms with van der Waals surface area (Å²) in [5.41, 5.74) is 6.79. The van der Waals surface area contributed by atoms with E-state index < -0.39 is 0 Å². The molecule has 3 rings (SSSR count). The molecule has 15 heavy (non-hydrogen) atoms. The number of anilines is 1. The fraction of sp³-hybridized carbons (Fsp3) is 0. The fourth-order valence-corrected chi connectivity index (χ4v) is 2.06. The monoisotopic (exact) mass is 193 g/mol. The molecule has 0 saturated carbocycles. The third-order valence-corrected chi connectivity index (χ3v) is 2.82. The van der Waals surface area contributed by atoms with Crippen LogP contribution in [-0.2, 0) is 0 Å². The van der Waals surface area contributed by atoms with Crippen LogP contribution in [0.1, 0.15) is 0 Å². The second kappa shape index (κ2) is 2.99. The van der Waals surface area contributed by atoms with Crippen molar-refractivity contribution >= 4 is 27.2 Å². The molecular formula is C14H11N. The van der Waals surface area contributed by atoms with E-state index in [1.807, 2.05) is 12.1 Å². The van der Waals surface area contributed by atoms with Gasteiger partial charge in [0.25, 0.3) is 0 Å². The van der Waals surface area contributed by atoms with Crippen molar-refractivity contribution in [2.45, 2.75) is 0 Å². The second-order valence-corrected chi connectivity index (χ2v) is 3.73. The first-order chi connectivity index (χ1) is 7.36. The summed E-state index contributed by atoms with van der Waals surface area (Å²) in [7, 11) is 0. The van der Waals surface area contributed by atoms with Crippen LogP contribution in [-0.4, -0.2) is 0 Å². The van der Waals surface area contributed by atoms with Gasteiger partial charge in [0.15, 0.2) is 0 Å². The number of nitrogens with two attached hydrogens (primary N) is 1. The molecule has 1 heteroatoms. The number of hydrogen-bond donors (Lipinski definition) is 1. The van der Waals surface area contributed by atoms with Gasteiger partial charge in [-0.3, -0.25) is 0 Å². The Morgan fingerprint density at radius 2 is 1.40 bits per heavy atom. The Labute approximate surface area is 88.1 Å². The molecule has 0 aliphatic heterocycles. The zero-order chi connectivity index (χ0) is 10.3. The lowest BCUT2D eigenvalue weighted by molar-refractivity contribution is 1.74. The van der Waals surface area contributed by atoms with Crippen LogP contribution < -0.4 is 5.73 Å². The Bertz CT molecular complexity index is 641. The predicted octanol–water partition coefficient (Wildman–Crippen LogP) is 3.58. The minimum Gasteiger partial charge on any atom is -0.398 e. The lowest BCUT2D eigenvalue weighted by Crippen LogP contribution is -1.86. The van der Waals surface area contributed by atoms with Crippen LogP contribution in [0.3, 0.4) is 0 Å². The normalized spacial score (nSPS) is 10.9. The average Bonchev–Trinajstić information content (AvgIpc) is 2.29. The molecule has 0 atom stereocenters. The van der Waals surface area contributed by atoms with E-state index in [1.165, 1.54) is 16.2 Å². The maximum Gasteiger partial charge on any atom is 0.0393 e. The third kappa shape index (κ3) is 1.17. The maximum atomic E-state index is 5.95. The van der Waals surface area contributed by atoms with Crippen molar-refractivity contribution in [1.82, 2.24) is 0 Å². The standard InChI is InChI=1S/C14H11N/c15-14-7-3-6-12-11-5-2-1-4-10(11)8-9-13(12)14/h1-9H,15H2. The van der Waals surface area contributed by atoms with Crippen molar-refractivity contribution in [3.05, 3.63) is 54.6 Å². The van der Waals surface area contributed by atoms with E-state index >= 15 is 0 Å². The molecule has 1 nitrogen and oxygen atoms in total. The molecule has 0 amide bonds. The summed E-state index contributed by atoms with van der Waals surface area (Å²) >= 11 is 0. The molecule has 0 bridgehead atoms. The number of benzene rings is 3. The smallest absolute Gasteiger partial charge is 0.0393 e. The summed E-state index contributed by atoms with van der Waals surface area (Å²) in [6.07, 6.45) is 0. The van der Waals surface area contributed by atoms with Crippen LogP contribution in [0.5, 0.6) is 0 Å². The maximum absolute atomic E-state index is 5.95. The Hall–Kier alpha value is -2.02. The van der Waals surface area contributed by atoms with Gasteiger partial charge < -0.3 is 5.73 Å². The SMILES string of the molecule is Nc1cccc2c1ccc1ccccc12. The fourth-order valence-electron chi connectivity index (χ4n) is 2.06. The Kier molecular flexibility index (Phi) is 1.65. The van der Waals surface area contributed by atoms with Gasteiger partial charge in [-0.15, -0.1) is 0 Å². The van der Waals surface area contributed by atoms with Crippen LogP contribution in [0.15, 0.2) is 54.6 Å². The van der Waals surface area contributed by atoms with Gasteiger partial charge in [0.05, 0.1) is 0 Å². The van der Waals surface area contributed by atoms with E-state index in [0.717, 1.165) is 11.1 Å². The highest BCUT2D eigenvalue weighted by Gasteiger charge is 2.00. The first-order valence-corrected chi connectivity index (χ1v) is 5.02. The van der Waals surface area contributed by atoms with Gasteiger partial charge in [0, 0.05) is 11.1 Å². The van der Waals surface area contributed by atoms with Gasteiger partial charge in [0.1, 0.15) is 0 Å². The summed E-state index contributed by atoms with van der Waals surface area (Å²) in [6.45, 7) is 0. The molecule has 72 valence electrons. The highest BCUT2D eigenvalue weighted by atomic mass is 14.5. The van der Waals surface area contributed by atoms with Crippen molar-refractivity contribution in [3.8, 4) is 0 Å². The van der Waals surface area contributed by atoms with E-state index in [0.29, 0.717) is 0 Å². The predicted molar refractivity (Wildman–Crippen MR) is 65.9 cm³/mol. The quantitative estimate of drug-likeness (QED) is 0.428. The average molecular weight is 193 g/mol. The number of nitrogen functional groups attached to an aromatic ring is 1. The molecule has 0 heterocycles. The van der Waals surface area contributed by atoms with E-state index in [9.17, 15) is 0 Å². The molecule has 0 spiro atoms. The number of hydrogen-bond acceptors (Lipinski definition) is 1. The highest BCUT2D eigenvalue weighted by Crippen LogP contribution is 2.28.